The Morgan fingerprint density at radius 3 is 2.18 bits per heavy atom. The summed E-state index contributed by atoms with van der Waals surface area (Å²) in [5.41, 5.74) is 1.96. The first-order valence-corrected chi connectivity index (χ1v) is 7.21. The second-order valence-electron chi connectivity index (χ2n) is 5.39. The van der Waals surface area contributed by atoms with Gasteiger partial charge in [-0.05, 0) is 19.9 Å². The molecule has 0 aliphatic heterocycles. The molecule has 3 nitrogen and oxygen atoms in total. The van der Waals surface area contributed by atoms with Crippen LogP contribution < -0.4 is 0 Å². The van der Waals surface area contributed by atoms with Crippen molar-refractivity contribution in [3.05, 3.63) is 71.3 Å². The normalized spacial score (nSPS) is 11.7. The van der Waals surface area contributed by atoms with E-state index < -0.39 is 5.92 Å². The van der Waals surface area contributed by atoms with Crippen molar-refractivity contribution < 1.29 is 14.4 Å². The number of hydrogen-bond acceptors (Lipinski definition) is 3. The van der Waals surface area contributed by atoms with Crippen LogP contribution >= 0.6 is 0 Å². The molecular formula is C19H18O3. The van der Waals surface area contributed by atoms with Crippen molar-refractivity contribution in [1.82, 2.24) is 0 Å². The molecule has 1 atom stereocenters. The largest absolute Gasteiger partial charge is 0.298 e. The minimum Gasteiger partial charge on any atom is -0.298 e. The Labute approximate surface area is 130 Å². The van der Waals surface area contributed by atoms with Gasteiger partial charge in [-0.15, -0.1) is 0 Å². The van der Waals surface area contributed by atoms with E-state index in [0.717, 1.165) is 5.56 Å². The average molecular weight is 294 g/mol. The molecule has 0 N–H and O–H groups in total. The molecule has 0 fully saturated rings. The molecule has 0 aromatic heterocycles. The minimum absolute atomic E-state index is 0.247. The number of ketones is 3. The lowest BCUT2D eigenvalue weighted by atomic mass is 9.91. The standard InChI is InChI=1S/C19H18O3/c1-13-7-6-10-16(11-13)18(21)12-17(20)14(2)19(22)15-8-4-3-5-9-15/h3-11,14H,12H2,1-2H3. The van der Waals surface area contributed by atoms with Crippen molar-refractivity contribution in [3.63, 3.8) is 0 Å². The molecule has 0 radical (unpaired) electrons. The third kappa shape index (κ3) is 3.76. The Hall–Kier alpha value is -2.55. The van der Waals surface area contributed by atoms with Crippen LogP contribution in [0.2, 0.25) is 0 Å². The Bertz CT molecular complexity index is 702. The van der Waals surface area contributed by atoms with Gasteiger partial charge < -0.3 is 0 Å². The zero-order chi connectivity index (χ0) is 16.1. The van der Waals surface area contributed by atoms with Gasteiger partial charge in [-0.1, -0.05) is 54.1 Å². The minimum atomic E-state index is -0.809. The summed E-state index contributed by atoms with van der Waals surface area (Å²) in [5, 5.41) is 0. The molecule has 3 heteroatoms. The van der Waals surface area contributed by atoms with Crippen LogP contribution in [0, 0.1) is 12.8 Å². The van der Waals surface area contributed by atoms with E-state index in [1.54, 1.807) is 49.4 Å². The van der Waals surface area contributed by atoms with E-state index in [1.165, 1.54) is 0 Å². The highest BCUT2D eigenvalue weighted by Gasteiger charge is 2.24. The van der Waals surface area contributed by atoms with Crippen LogP contribution in [0.15, 0.2) is 54.6 Å². The molecule has 0 aliphatic carbocycles. The van der Waals surface area contributed by atoms with Crippen molar-refractivity contribution in [2.45, 2.75) is 20.3 Å². The SMILES string of the molecule is Cc1cccc(C(=O)CC(=O)C(C)C(=O)c2ccccc2)c1. The van der Waals surface area contributed by atoms with E-state index in [-0.39, 0.29) is 23.8 Å². The molecule has 2 aromatic rings. The van der Waals surface area contributed by atoms with E-state index in [2.05, 4.69) is 0 Å². The van der Waals surface area contributed by atoms with Gasteiger partial charge in [0.25, 0.3) is 0 Å². The van der Waals surface area contributed by atoms with E-state index in [1.807, 2.05) is 19.1 Å². The Kier molecular flexibility index (Phi) is 4.99. The van der Waals surface area contributed by atoms with E-state index >= 15 is 0 Å². The molecule has 0 heterocycles. The van der Waals surface area contributed by atoms with E-state index in [4.69, 9.17) is 0 Å². The lowest BCUT2D eigenvalue weighted by Crippen LogP contribution is -2.23. The molecule has 0 bridgehead atoms. The summed E-state index contributed by atoms with van der Waals surface area (Å²) in [4.78, 5) is 36.5. The van der Waals surface area contributed by atoms with Gasteiger partial charge in [0.2, 0.25) is 0 Å². The Balaban J connectivity index is 2.05. The van der Waals surface area contributed by atoms with Gasteiger partial charge in [-0.2, -0.15) is 0 Å². The summed E-state index contributed by atoms with van der Waals surface area (Å²) in [6.07, 6.45) is -0.247. The summed E-state index contributed by atoms with van der Waals surface area (Å²) in [6, 6.07) is 15.8. The maximum atomic E-state index is 12.2. The van der Waals surface area contributed by atoms with Gasteiger partial charge in [-0.3, -0.25) is 14.4 Å². The van der Waals surface area contributed by atoms with Gasteiger partial charge in [-0.25, -0.2) is 0 Å². The van der Waals surface area contributed by atoms with Crippen LogP contribution in [-0.4, -0.2) is 17.3 Å². The van der Waals surface area contributed by atoms with Gasteiger partial charge >= 0.3 is 0 Å². The molecule has 0 aliphatic rings. The zero-order valence-electron chi connectivity index (χ0n) is 12.7. The first-order valence-electron chi connectivity index (χ1n) is 7.21. The zero-order valence-corrected chi connectivity index (χ0v) is 12.7. The number of aryl methyl sites for hydroxylation is 1. The van der Waals surface area contributed by atoms with Crippen molar-refractivity contribution in [2.75, 3.05) is 0 Å². The summed E-state index contributed by atoms with van der Waals surface area (Å²) >= 11 is 0. The van der Waals surface area contributed by atoms with Crippen LogP contribution in [0.5, 0.6) is 0 Å². The summed E-state index contributed by atoms with van der Waals surface area (Å²) in [6.45, 7) is 3.45. The van der Waals surface area contributed by atoms with Crippen LogP contribution in [0.3, 0.4) is 0 Å². The highest BCUT2D eigenvalue weighted by atomic mass is 16.2. The van der Waals surface area contributed by atoms with Gasteiger partial charge in [0.1, 0.15) is 0 Å². The maximum Gasteiger partial charge on any atom is 0.173 e. The number of carbonyl (C=O) groups is 3. The van der Waals surface area contributed by atoms with Gasteiger partial charge in [0.15, 0.2) is 17.3 Å². The van der Waals surface area contributed by atoms with Crippen molar-refractivity contribution in [2.24, 2.45) is 5.92 Å². The molecular weight excluding hydrogens is 276 g/mol. The van der Waals surface area contributed by atoms with Crippen LogP contribution in [0.1, 0.15) is 39.6 Å². The van der Waals surface area contributed by atoms with E-state index in [0.29, 0.717) is 11.1 Å². The average Bonchev–Trinajstić information content (AvgIpc) is 2.54. The second kappa shape index (κ2) is 6.94. The fourth-order valence-electron chi connectivity index (χ4n) is 2.23. The molecule has 0 amide bonds. The van der Waals surface area contributed by atoms with Gasteiger partial charge in [0.05, 0.1) is 12.3 Å². The molecule has 0 saturated heterocycles. The first-order chi connectivity index (χ1) is 10.5. The van der Waals surface area contributed by atoms with Crippen LogP contribution in [0.25, 0.3) is 0 Å². The summed E-state index contributed by atoms with van der Waals surface area (Å²) in [5.74, 6) is -1.65. The van der Waals surface area contributed by atoms with Crippen LogP contribution in [-0.2, 0) is 4.79 Å². The molecule has 22 heavy (non-hydrogen) atoms. The van der Waals surface area contributed by atoms with E-state index in [9.17, 15) is 14.4 Å². The number of benzene rings is 2. The number of carbonyl (C=O) groups excluding carboxylic acids is 3. The predicted molar refractivity (Wildman–Crippen MR) is 85.1 cm³/mol. The molecule has 2 aromatic carbocycles. The molecule has 1 unspecified atom stereocenters. The highest BCUT2D eigenvalue weighted by Crippen LogP contribution is 2.14. The quantitative estimate of drug-likeness (QED) is 0.603. The van der Waals surface area contributed by atoms with Crippen molar-refractivity contribution >= 4 is 17.3 Å². The predicted octanol–water partition coefficient (Wildman–Crippen LogP) is 3.66. The molecule has 2 rings (SSSR count). The number of rotatable bonds is 6. The third-order valence-corrected chi connectivity index (χ3v) is 3.61. The Morgan fingerprint density at radius 1 is 0.909 bits per heavy atom. The highest BCUT2D eigenvalue weighted by molar-refractivity contribution is 6.17. The topological polar surface area (TPSA) is 51.2 Å². The third-order valence-electron chi connectivity index (χ3n) is 3.61. The van der Waals surface area contributed by atoms with Crippen LogP contribution in [0.4, 0.5) is 0 Å². The van der Waals surface area contributed by atoms with Gasteiger partial charge in [0, 0.05) is 11.1 Å². The summed E-state index contributed by atoms with van der Waals surface area (Å²) < 4.78 is 0. The molecule has 0 saturated carbocycles. The molecule has 112 valence electrons. The summed E-state index contributed by atoms with van der Waals surface area (Å²) in [7, 11) is 0. The van der Waals surface area contributed by atoms with Crippen molar-refractivity contribution in [1.29, 1.82) is 0 Å². The number of hydrogen-bond donors (Lipinski definition) is 0. The fraction of sp³-hybridized carbons (Fsp3) is 0.211. The second-order valence-corrected chi connectivity index (χ2v) is 5.39. The smallest absolute Gasteiger partial charge is 0.173 e. The monoisotopic (exact) mass is 294 g/mol. The maximum absolute atomic E-state index is 12.2. The number of Topliss-reactive ketones (excluding diaryl/α,β-unsaturated/α-hetero) is 3. The molecule has 0 spiro atoms. The fourth-order valence-corrected chi connectivity index (χ4v) is 2.23. The first kappa shape index (κ1) is 15.8. The lowest BCUT2D eigenvalue weighted by molar-refractivity contribution is -0.120. The Morgan fingerprint density at radius 2 is 1.55 bits per heavy atom. The lowest BCUT2D eigenvalue weighted by Gasteiger charge is -2.09. The van der Waals surface area contributed by atoms with Crippen molar-refractivity contribution in [3.8, 4) is 0 Å².